The maximum Gasteiger partial charge on any atom is 0.344 e. The van der Waals surface area contributed by atoms with Crippen molar-refractivity contribution in [2.24, 2.45) is 4.99 Å². The van der Waals surface area contributed by atoms with E-state index in [1.807, 2.05) is 0 Å². The van der Waals surface area contributed by atoms with Crippen molar-refractivity contribution in [1.29, 1.82) is 0 Å². The topological polar surface area (TPSA) is 144 Å². The first-order chi connectivity index (χ1) is 17.3. The molecule has 0 aliphatic carbocycles. The quantitative estimate of drug-likeness (QED) is 0.238. The van der Waals surface area contributed by atoms with Crippen molar-refractivity contribution in [3.05, 3.63) is 42.0 Å². The van der Waals surface area contributed by atoms with Crippen LogP contribution in [0.3, 0.4) is 0 Å². The first-order valence-electron chi connectivity index (χ1n) is 11.3. The van der Waals surface area contributed by atoms with Crippen LogP contribution in [0.25, 0.3) is 0 Å². The van der Waals surface area contributed by atoms with Gasteiger partial charge >= 0.3 is 17.9 Å². The van der Waals surface area contributed by atoms with E-state index in [2.05, 4.69) is 4.99 Å². The van der Waals surface area contributed by atoms with Gasteiger partial charge in [0.15, 0.2) is 6.61 Å². The van der Waals surface area contributed by atoms with Crippen LogP contribution in [0.15, 0.2) is 41.4 Å². The second kappa shape index (κ2) is 14.2. The minimum Gasteiger partial charge on any atom is -0.507 e. The lowest BCUT2D eigenvalue weighted by atomic mass is 10.1. The summed E-state index contributed by atoms with van der Waals surface area (Å²) in [6.45, 7) is 4.18. The highest BCUT2D eigenvalue weighted by molar-refractivity contribution is 5.90. The van der Waals surface area contributed by atoms with E-state index in [-0.39, 0.29) is 67.1 Å². The lowest BCUT2D eigenvalue weighted by Crippen LogP contribution is -2.36. The second-order valence-corrected chi connectivity index (χ2v) is 7.19. The van der Waals surface area contributed by atoms with Crippen LogP contribution in [0.1, 0.15) is 26.3 Å². The van der Waals surface area contributed by atoms with E-state index in [4.69, 9.17) is 18.9 Å². The zero-order valence-corrected chi connectivity index (χ0v) is 20.4. The fourth-order valence-electron chi connectivity index (χ4n) is 3.04. The molecule has 0 saturated carbocycles. The number of carbonyl (C=O) groups excluding carboxylic acids is 3. The normalized spacial score (nSPS) is 10.6. The van der Waals surface area contributed by atoms with E-state index < -0.39 is 24.5 Å². The zero-order chi connectivity index (χ0) is 26.5. The Bertz CT molecular complexity index is 1070. The molecule has 11 nitrogen and oxygen atoms in total. The number of hydrogen-bond donors (Lipinski definition) is 2. The molecule has 2 aromatic rings. The number of esters is 3. The van der Waals surface area contributed by atoms with Crippen molar-refractivity contribution in [3.63, 3.8) is 0 Å². The first-order valence-corrected chi connectivity index (χ1v) is 11.3. The molecule has 0 spiro atoms. The van der Waals surface area contributed by atoms with E-state index in [0.29, 0.717) is 0 Å². The predicted molar refractivity (Wildman–Crippen MR) is 131 cm³/mol. The fourth-order valence-corrected chi connectivity index (χ4v) is 3.04. The zero-order valence-electron chi connectivity index (χ0n) is 20.4. The van der Waals surface area contributed by atoms with Gasteiger partial charge in [-0.05, 0) is 39.0 Å². The number of para-hydroxylation sites is 2. The maximum absolute atomic E-state index is 12.2. The standard InChI is InChI=1S/C25H30N2O9/c1-4-33-23(30)14-27(15-24(31)34-5-2)19-12-21(29)17(11-22(19)36-16-25(32)35-6-3)13-26-18-9-7-8-10-20(18)28/h7-13,28-29H,4-6,14-16H2,1-3H3. The molecule has 2 aromatic carbocycles. The molecule has 194 valence electrons. The van der Waals surface area contributed by atoms with Crippen molar-refractivity contribution < 1.29 is 43.5 Å². The second-order valence-electron chi connectivity index (χ2n) is 7.19. The molecule has 0 saturated heterocycles. The number of benzene rings is 2. The Balaban J connectivity index is 2.50. The molecular formula is C25H30N2O9. The molecule has 36 heavy (non-hydrogen) atoms. The molecule has 0 aliphatic rings. The Morgan fingerprint density at radius 1 is 0.861 bits per heavy atom. The van der Waals surface area contributed by atoms with Gasteiger partial charge in [0.25, 0.3) is 0 Å². The number of carbonyl (C=O) groups is 3. The monoisotopic (exact) mass is 502 g/mol. The number of aliphatic imine (C=N–C) groups is 1. The lowest BCUT2D eigenvalue weighted by molar-refractivity contribution is -0.146. The SMILES string of the molecule is CCOC(=O)COc1cc(C=Nc2ccccc2O)c(O)cc1N(CC(=O)OCC)CC(=O)OCC. The van der Waals surface area contributed by atoms with Gasteiger partial charge in [-0.15, -0.1) is 0 Å². The summed E-state index contributed by atoms with van der Waals surface area (Å²) in [5.74, 6) is -2.13. The van der Waals surface area contributed by atoms with Gasteiger partial charge in [0, 0.05) is 17.8 Å². The molecule has 2 rings (SSSR count). The average Bonchev–Trinajstić information content (AvgIpc) is 2.83. The Hall–Kier alpha value is -4.28. The van der Waals surface area contributed by atoms with Crippen molar-refractivity contribution in [2.75, 3.05) is 44.4 Å². The summed E-state index contributed by atoms with van der Waals surface area (Å²) in [5.41, 5.74) is 0.590. The van der Waals surface area contributed by atoms with E-state index in [0.717, 1.165) is 0 Å². The Kier molecular flexibility index (Phi) is 11.0. The number of rotatable bonds is 13. The van der Waals surface area contributed by atoms with E-state index in [9.17, 15) is 24.6 Å². The van der Waals surface area contributed by atoms with Crippen LogP contribution in [0.5, 0.6) is 17.2 Å². The number of anilines is 1. The third-order valence-corrected chi connectivity index (χ3v) is 4.57. The van der Waals surface area contributed by atoms with Crippen LogP contribution in [0.2, 0.25) is 0 Å². The predicted octanol–water partition coefficient (Wildman–Crippen LogP) is 2.72. The molecule has 0 unspecified atom stereocenters. The summed E-state index contributed by atoms with van der Waals surface area (Å²) in [6, 6.07) is 9.03. The number of phenols is 2. The summed E-state index contributed by atoms with van der Waals surface area (Å²) in [6.07, 6.45) is 1.30. The van der Waals surface area contributed by atoms with Gasteiger partial charge in [-0.2, -0.15) is 0 Å². The Morgan fingerprint density at radius 3 is 2.03 bits per heavy atom. The molecule has 0 aromatic heterocycles. The fraction of sp³-hybridized carbons (Fsp3) is 0.360. The molecule has 11 heteroatoms. The number of hydrogen-bond acceptors (Lipinski definition) is 11. The number of ether oxygens (including phenoxy) is 4. The van der Waals surface area contributed by atoms with E-state index in [1.54, 1.807) is 39.0 Å². The Morgan fingerprint density at radius 2 is 1.44 bits per heavy atom. The smallest absolute Gasteiger partial charge is 0.344 e. The van der Waals surface area contributed by atoms with Gasteiger partial charge in [-0.3, -0.25) is 14.6 Å². The minimum absolute atomic E-state index is 0.0568. The highest BCUT2D eigenvalue weighted by Gasteiger charge is 2.23. The molecule has 0 radical (unpaired) electrons. The van der Waals surface area contributed by atoms with Crippen molar-refractivity contribution in [2.45, 2.75) is 20.8 Å². The van der Waals surface area contributed by atoms with E-state index in [1.165, 1.54) is 29.3 Å². The van der Waals surface area contributed by atoms with Gasteiger partial charge < -0.3 is 34.1 Å². The molecule has 0 heterocycles. The molecule has 2 N–H and O–H groups in total. The van der Waals surface area contributed by atoms with Crippen LogP contribution in [0.4, 0.5) is 11.4 Å². The molecule has 0 amide bonds. The van der Waals surface area contributed by atoms with Crippen LogP contribution >= 0.6 is 0 Å². The molecular weight excluding hydrogens is 472 g/mol. The van der Waals surface area contributed by atoms with Gasteiger partial charge in [0.2, 0.25) is 0 Å². The third-order valence-electron chi connectivity index (χ3n) is 4.57. The molecule has 0 fully saturated rings. The first kappa shape index (κ1) is 28.0. The molecule has 0 aliphatic heterocycles. The van der Waals surface area contributed by atoms with Gasteiger partial charge in [-0.1, -0.05) is 12.1 Å². The molecule has 0 bridgehead atoms. The van der Waals surface area contributed by atoms with Crippen LogP contribution in [0, 0.1) is 0 Å². The minimum atomic E-state index is -0.636. The Labute approximate surface area is 208 Å². The van der Waals surface area contributed by atoms with Crippen LogP contribution in [-0.2, 0) is 28.6 Å². The van der Waals surface area contributed by atoms with Crippen molar-refractivity contribution >= 4 is 35.5 Å². The summed E-state index contributed by atoms with van der Waals surface area (Å²) >= 11 is 0. The summed E-state index contributed by atoms with van der Waals surface area (Å²) in [4.78, 5) is 41.9. The van der Waals surface area contributed by atoms with Gasteiger partial charge in [0.1, 0.15) is 36.0 Å². The average molecular weight is 503 g/mol. The number of phenolic OH excluding ortho intramolecular Hbond substituents is 2. The van der Waals surface area contributed by atoms with Gasteiger partial charge in [0.05, 0.1) is 25.5 Å². The van der Waals surface area contributed by atoms with E-state index >= 15 is 0 Å². The number of nitrogens with zero attached hydrogens (tertiary/aromatic N) is 2. The highest BCUT2D eigenvalue weighted by Crippen LogP contribution is 2.35. The van der Waals surface area contributed by atoms with Crippen LogP contribution < -0.4 is 9.64 Å². The third kappa shape index (κ3) is 8.49. The largest absolute Gasteiger partial charge is 0.507 e. The summed E-state index contributed by atoms with van der Waals surface area (Å²) in [7, 11) is 0. The van der Waals surface area contributed by atoms with Crippen LogP contribution in [-0.4, -0.2) is 73.9 Å². The van der Waals surface area contributed by atoms with Crippen molar-refractivity contribution in [3.8, 4) is 17.2 Å². The maximum atomic E-state index is 12.2. The van der Waals surface area contributed by atoms with Gasteiger partial charge in [-0.25, -0.2) is 4.79 Å². The number of aromatic hydroxyl groups is 2. The lowest BCUT2D eigenvalue weighted by Gasteiger charge is -2.25. The molecule has 0 atom stereocenters. The summed E-state index contributed by atoms with van der Waals surface area (Å²) in [5, 5.41) is 20.6. The summed E-state index contributed by atoms with van der Waals surface area (Å²) < 4.78 is 20.6. The highest BCUT2D eigenvalue weighted by atomic mass is 16.6. The van der Waals surface area contributed by atoms with Crippen molar-refractivity contribution in [1.82, 2.24) is 0 Å².